The van der Waals surface area contributed by atoms with Gasteiger partial charge in [0.1, 0.15) is 11.4 Å². The largest absolute Gasteiger partial charge is 0.433 e. The van der Waals surface area contributed by atoms with Crippen LogP contribution in [-0.4, -0.2) is 9.78 Å². The molecule has 0 saturated carbocycles. The molecule has 0 aliphatic rings. The second-order valence-electron chi connectivity index (χ2n) is 4.85. The lowest BCUT2D eigenvalue weighted by Crippen LogP contribution is -2.15. The third-order valence-corrected chi connectivity index (χ3v) is 4.19. The van der Waals surface area contributed by atoms with Crippen LogP contribution in [-0.2, 0) is 19.1 Å². The number of benzene rings is 1. The summed E-state index contributed by atoms with van der Waals surface area (Å²) in [5.74, 6) is 0. The average molecular weight is 322 g/mol. The minimum atomic E-state index is -4.40. The Morgan fingerprint density at radius 3 is 2.45 bits per heavy atom. The van der Waals surface area contributed by atoms with E-state index in [2.05, 4.69) is 5.10 Å². The summed E-state index contributed by atoms with van der Waals surface area (Å²) in [6.07, 6.45) is -3.89. The summed E-state index contributed by atoms with van der Waals surface area (Å²) in [5, 5.41) is 5.97. The summed E-state index contributed by atoms with van der Waals surface area (Å²) < 4.78 is 40.6. The lowest BCUT2D eigenvalue weighted by molar-refractivity contribution is -0.144. The fraction of sp³-hybridized carbons (Fsp3) is 0.188. The highest BCUT2D eigenvalue weighted by Gasteiger charge is 2.35. The van der Waals surface area contributed by atoms with E-state index in [1.54, 1.807) is 12.1 Å². The Bertz CT molecular complexity index is 731. The zero-order chi connectivity index (χ0) is 15.6. The lowest BCUT2D eigenvalue weighted by atomic mass is 10.1. The number of alkyl halides is 3. The molecule has 0 spiro atoms. The molecule has 0 fully saturated rings. The molecule has 0 unspecified atom stereocenters. The second-order valence-corrected chi connectivity index (χ2v) is 5.80. The maximum Gasteiger partial charge on any atom is 0.433 e. The van der Waals surface area contributed by atoms with Gasteiger partial charge in [0.2, 0.25) is 0 Å². The molecule has 0 bridgehead atoms. The number of rotatable bonds is 4. The van der Waals surface area contributed by atoms with Gasteiger partial charge in [-0.05, 0) is 29.5 Å². The van der Waals surface area contributed by atoms with Crippen molar-refractivity contribution in [3.05, 3.63) is 65.2 Å². The summed E-state index contributed by atoms with van der Waals surface area (Å²) in [5.41, 5.74) is 0.658. The molecule has 0 aliphatic heterocycles. The predicted octanol–water partition coefficient (Wildman–Crippen LogP) is 4.87. The Hall–Kier alpha value is -2.08. The van der Waals surface area contributed by atoms with E-state index >= 15 is 0 Å². The van der Waals surface area contributed by atoms with Crippen LogP contribution >= 0.6 is 11.3 Å². The lowest BCUT2D eigenvalue weighted by Gasteiger charge is -2.10. The van der Waals surface area contributed by atoms with E-state index in [-0.39, 0.29) is 6.54 Å². The summed E-state index contributed by atoms with van der Waals surface area (Å²) in [7, 11) is 0. The monoisotopic (exact) mass is 322 g/mol. The van der Waals surface area contributed by atoms with Crippen molar-refractivity contribution >= 4 is 11.3 Å². The van der Waals surface area contributed by atoms with Gasteiger partial charge < -0.3 is 0 Å². The van der Waals surface area contributed by atoms with Crippen molar-refractivity contribution in [3.63, 3.8) is 0 Å². The molecule has 6 heteroatoms. The summed E-state index contributed by atoms with van der Waals surface area (Å²) in [4.78, 5) is 0.740. The van der Waals surface area contributed by atoms with Crippen LogP contribution in [0.3, 0.4) is 0 Å². The molecule has 1 aromatic carbocycles. The Morgan fingerprint density at radius 1 is 1.05 bits per heavy atom. The van der Waals surface area contributed by atoms with Gasteiger partial charge in [-0.25, -0.2) is 0 Å². The first-order chi connectivity index (χ1) is 10.5. The molecular weight excluding hydrogens is 309 g/mol. The van der Waals surface area contributed by atoms with Crippen molar-refractivity contribution < 1.29 is 13.2 Å². The van der Waals surface area contributed by atoms with Crippen LogP contribution in [0.25, 0.3) is 10.6 Å². The zero-order valence-electron chi connectivity index (χ0n) is 11.5. The molecule has 2 nitrogen and oxygen atoms in total. The molecule has 0 radical (unpaired) electrons. The van der Waals surface area contributed by atoms with Crippen molar-refractivity contribution in [3.8, 4) is 10.6 Å². The molecule has 114 valence electrons. The number of thiophene rings is 1. The van der Waals surface area contributed by atoms with Gasteiger partial charge in [0, 0.05) is 6.54 Å². The van der Waals surface area contributed by atoms with Gasteiger partial charge in [-0.2, -0.15) is 18.3 Å². The predicted molar refractivity (Wildman–Crippen MR) is 80.7 cm³/mol. The summed E-state index contributed by atoms with van der Waals surface area (Å²) in [6.45, 7) is 0.199. The van der Waals surface area contributed by atoms with Crippen molar-refractivity contribution in [2.45, 2.75) is 19.1 Å². The molecule has 0 atom stereocenters. The van der Waals surface area contributed by atoms with Gasteiger partial charge in [0.15, 0.2) is 0 Å². The highest BCUT2D eigenvalue weighted by atomic mass is 32.1. The molecule has 2 aromatic heterocycles. The van der Waals surface area contributed by atoms with Crippen molar-refractivity contribution in [2.75, 3.05) is 0 Å². The van der Waals surface area contributed by atoms with Crippen LogP contribution < -0.4 is 0 Å². The normalized spacial score (nSPS) is 11.8. The van der Waals surface area contributed by atoms with Crippen LogP contribution in [0.1, 0.15) is 11.3 Å². The standard InChI is InChI=1S/C16H13F3N2S/c17-16(18,19)15-11-13(14-7-4-10-22-14)20-21(15)9-8-12-5-2-1-3-6-12/h1-7,10-11H,8-9H2. The van der Waals surface area contributed by atoms with E-state index in [4.69, 9.17) is 0 Å². The molecule has 0 aliphatic carbocycles. The number of nitrogens with zero attached hydrogens (tertiary/aromatic N) is 2. The third-order valence-electron chi connectivity index (χ3n) is 3.30. The van der Waals surface area contributed by atoms with Gasteiger partial charge in [0.05, 0.1) is 4.88 Å². The van der Waals surface area contributed by atoms with E-state index in [0.29, 0.717) is 12.1 Å². The van der Waals surface area contributed by atoms with Crippen molar-refractivity contribution in [1.29, 1.82) is 0 Å². The van der Waals surface area contributed by atoms with Crippen LogP contribution in [0.2, 0.25) is 0 Å². The first kappa shape index (κ1) is 14.8. The SMILES string of the molecule is FC(F)(F)c1cc(-c2cccs2)nn1CCc1ccccc1. The number of hydrogen-bond donors (Lipinski definition) is 0. The number of aryl methyl sites for hydroxylation is 2. The van der Waals surface area contributed by atoms with E-state index in [0.717, 1.165) is 21.2 Å². The first-order valence-electron chi connectivity index (χ1n) is 6.77. The number of halogens is 3. The first-order valence-corrected chi connectivity index (χ1v) is 7.65. The number of hydrogen-bond acceptors (Lipinski definition) is 2. The minimum absolute atomic E-state index is 0.199. The molecule has 3 rings (SSSR count). The molecular formula is C16H13F3N2S. The topological polar surface area (TPSA) is 17.8 Å². The average Bonchev–Trinajstić information content (AvgIpc) is 3.14. The quantitative estimate of drug-likeness (QED) is 0.670. The van der Waals surface area contributed by atoms with Gasteiger partial charge >= 0.3 is 6.18 Å². The maximum absolute atomic E-state index is 13.2. The molecule has 3 aromatic rings. The molecule has 0 amide bonds. The minimum Gasteiger partial charge on any atom is -0.259 e. The van der Waals surface area contributed by atoms with E-state index in [1.807, 2.05) is 35.7 Å². The summed E-state index contributed by atoms with van der Waals surface area (Å²) >= 11 is 1.38. The Balaban J connectivity index is 1.88. The van der Waals surface area contributed by atoms with Gasteiger partial charge in [-0.15, -0.1) is 11.3 Å². The smallest absolute Gasteiger partial charge is 0.259 e. The molecule has 2 heterocycles. The highest BCUT2D eigenvalue weighted by molar-refractivity contribution is 7.13. The Morgan fingerprint density at radius 2 is 1.82 bits per heavy atom. The zero-order valence-corrected chi connectivity index (χ0v) is 12.4. The summed E-state index contributed by atoms with van der Waals surface area (Å²) in [6, 6.07) is 14.1. The van der Waals surface area contributed by atoms with Crippen molar-refractivity contribution in [1.82, 2.24) is 9.78 Å². The van der Waals surface area contributed by atoms with Gasteiger partial charge in [-0.3, -0.25) is 4.68 Å². The van der Waals surface area contributed by atoms with E-state index < -0.39 is 11.9 Å². The second kappa shape index (κ2) is 5.96. The van der Waals surface area contributed by atoms with Crippen molar-refractivity contribution in [2.24, 2.45) is 0 Å². The number of aromatic nitrogens is 2. The third kappa shape index (κ3) is 3.22. The van der Waals surface area contributed by atoms with Crippen LogP contribution in [0, 0.1) is 0 Å². The fourth-order valence-corrected chi connectivity index (χ4v) is 2.92. The van der Waals surface area contributed by atoms with Gasteiger partial charge in [-0.1, -0.05) is 36.4 Å². The van der Waals surface area contributed by atoms with Crippen LogP contribution in [0.15, 0.2) is 53.9 Å². The Kier molecular flexibility index (Phi) is 4.02. The van der Waals surface area contributed by atoms with Crippen LogP contribution in [0.5, 0.6) is 0 Å². The molecule has 0 N–H and O–H groups in total. The molecule has 0 saturated heterocycles. The fourth-order valence-electron chi connectivity index (χ4n) is 2.24. The van der Waals surface area contributed by atoms with E-state index in [1.165, 1.54) is 11.3 Å². The Labute approximate surface area is 129 Å². The van der Waals surface area contributed by atoms with Gasteiger partial charge in [0.25, 0.3) is 0 Å². The van der Waals surface area contributed by atoms with E-state index in [9.17, 15) is 13.2 Å². The maximum atomic E-state index is 13.2. The highest BCUT2D eigenvalue weighted by Crippen LogP contribution is 2.33. The molecule has 22 heavy (non-hydrogen) atoms. The van der Waals surface area contributed by atoms with Crippen LogP contribution in [0.4, 0.5) is 13.2 Å².